The van der Waals surface area contributed by atoms with Crippen LogP contribution in [-0.4, -0.2) is 5.97 Å². The van der Waals surface area contributed by atoms with Crippen LogP contribution >= 0.6 is 0 Å². The Kier molecular flexibility index (Phi) is 2.86. The van der Waals surface area contributed by atoms with Gasteiger partial charge in [0, 0.05) is 6.92 Å². The highest BCUT2D eigenvalue weighted by atomic mass is 16.5. The summed E-state index contributed by atoms with van der Waals surface area (Å²) in [6, 6.07) is 7.39. The number of benzene rings is 1. The van der Waals surface area contributed by atoms with Gasteiger partial charge in [-0.1, -0.05) is 18.2 Å². The fraction of sp³-hybridized carbons (Fsp3) is 0.200. The van der Waals surface area contributed by atoms with E-state index in [1.165, 1.54) is 6.92 Å². The van der Waals surface area contributed by atoms with Crippen molar-refractivity contribution < 1.29 is 9.53 Å². The quantitative estimate of drug-likeness (QED) is 0.492. The van der Waals surface area contributed by atoms with E-state index in [9.17, 15) is 4.79 Å². The summed E-state index contributed by atoms with van der Waals surface area (Å²) in [7, 11) is 0. The third-order valence-electron chi connectivity index (χ3n) is 1.50. The van der Waals surface area contributed by atoms with Gasteiger partial charge in [-0.15, -0.1) is 0 Å². The normalized spacial score (nSPS) is 9.50. The number of carbonyl (C=O) groups excluding carboxylic acids is 1. The molecule has 2 nitrogen and oxygen atoms in total. The van der Waals surface area contributed by atoms with E-state index >= 15 is 0 Å². The molecule has 0 amide bonds. The number of rotatable bonds is 2. The lowest BCUT2D eigenvalue weighted by molar-refractivity contribution is -0.131. The Morgan fingerprint density at radius 2 is 2.17 bits per heavy atom. The number of hydrogen-bond donors (Lipinski definition) is 0. The maximum absolute atomic E-state index is 10.6. The number of ether oxygens (including phenoxy) is 1. The Morgan fingerprint density at radius 1 is 1.50 bits per heavy atom. The van der Waals surface area contributed by atoms with Crippen molar-refractivity contribution in [2.45, 2.75) is 13.3 Å². The van der Waals surface area contributed by atoms with Gasteiger partial charge in [0.05, 0.1) is 0 Å². The molecular formula is C10H11O2. The lowest BCUT2D eigenvalue weighted by atomic mass is 10.1. The van der Waals surface area contributed by atoms with Gasteiger partial charge in [-0.25, -0.2) is 0 Å². The topological polar surface area (TPSA) is 26.3 Å². The molecule has 0 fully saturated rings. The molecule has 0 saturated carbocycles. The van der Waals surface area contributed by atoms with E-state index in [4.69, 9.17) is 4.74 Å². The maximum Gasteiger partial charge on any atom is 0.308 e. The van der Waals surface area contributed by atoms with Crippen LogP contribution in [0.15, 0.2) is 24.3 Å². The van der Waals surface area contributed by atoms with Crippen molar-refractivity contribution in [2.75, 3.05) is 0 Å². The van der Waals surface area contributed by atoms with E-state index in [1.54, 1.807) is 6.07 Å². The second kappa shape index (κ2) is 3.90. The van der Waals surface area contributed by atoms with Crippen molar-refractivity contribution in [3.8, 4) is 5.75 Å². The predicted molar refractivity (Wildman–Crippen MR) is 46.8 cm³/mol. The first kappa shape index (κ1) is 8.78. The first-order valence-electron chi connectivity index (χ1n) is 3.79. The molecule has 0 atom stereocenters. The lowest BCUT2D eigenvalue weighted by Gasteiger charge is -2.05. The van der Waals surface area contributed by atoms with Crippen molar-refractivity contribution >= 4 is 5.97 Å². The van der Waals surface area contributed by atoms with Crippen molar-refractivity contribution in [3.05, 3.63) is 36.8 Å². The summed E-state index contributed by atoms with van der Waals surface area (Å²) < 4.78 is 4.96. The number of hydrogen-bond acceptors (Lipinski definition) is 2. The van der Waals surface area contributed by atoms with Gasteiger partial charge >= 0.3 is 5.97 Å². The Morgan fingerprint density at radius 3 is 2.75 bits per heavy atom. The van der Waals surface area contributed by atoms with Crippen molar-refractivity contribution in [2.24, 2.45) is 0 Å². The molecule has 63 valence electrons. The van der Waals surface area contributed by atoms with Gasteiger partial charge in [0.25, 0.3) is 0 Å². The van der Waals surface area contributed by atoms with Gasteiger partial charge in [-0.3, -0.25) is 4.79 Å². The smallest absolute Gasteiger partial charge is 0.308 e. The third-order valence-corrected chi connectivity index (χ3v) is 1.50. The van der Waals surface area contributed by atoms with Gasteiger partial charge < -0.3 is 4.74 Å². The lowest BCUT2D eigenvalue weighted by Crippen LogP contribution is -2.03. The van der Waals surface area contributed by atoms with Gasteiger partial charge in [-0.05, 0) is 25.0 Å². The van der Waals surface area contributed by atoms with Crippen LogP contribution in [0, 0.1) is 6.92 Å². The monoisotopic (exact) mass is 163 g/mol. The highest BCUT2D eigenvalue weighted by Gasteiger charge is 2.01. The van der Waals surface area contributed by atoms with Crippen molar-refractivity contribution in [1.82, 2.24) is 0 Å². The number of esters is 1. The second-order valence-corrected chi connectivity index (χ2v) is 2.45. The fourth-order valence-electron chi connectivity index (χ4n) is 0.965. The Hall–Kier alpha value is -1.31. The average Bonchev–Trinajstić information content (AvgIpc) is 2.04. The van der Waals surface area contributed by atoms with Gasteiger partial charge in [0.1, 0.15) is 5.75 Å². The summed E-state index contributed by atoms with van der Waals surface area (Å²) in [5.41, 5.74) is 0.952. The van der Waals surface area contributed by atoms with Crippen LogP contribution < -0.4 is 4.74 Å². The van der Waals surface area contributed by atoms with Crippen LogP contribution in [0.25, 0.3) is 0 Å². The SMILES string of the molecule is [CH2]Cc1ccccc1OC(C)=O. The standard InChI is InChI=1S/C10H11O2/c1-3-9-6-4-5-7-10(9)12-8(2)11/h4-7H,1,3H2,2H3. The molecular weight excluding hydrogens is 152 g/mol. The highest BCUT2D eigenvalue weighted by molar-refractivity contribution is 5.69. The molecule has 0 unspecified atom stereocenters. The second-order valence-electron chi connectivity index (χ2n) is 2.45. The van der Waals surface area contributed by atoms with Crippen LogP contribution in [0.2, 0.25) is 0 Å². The molecule has 0 N–H and O–H groups in total. The van der Waals surface area contributed by atoms with Crippen LogP contribution in [0.1, 0.15) is 12.5 Å². The fourth-order valence-corrected chi connectivity index (χ4v) is 0.965. The average molecular weight is 163 g/mol. The Balaban J connectivity index is 2.89. The molecule has 2 heteroatoms. The molecule has 1 aromatic rings. The minimum Gasteiger partial charge on any atom is -0.426 e. The molecule has 12 heavy (non-hydrogen) atoms. The molecule has 0 aliphatic heterocycles. The van der Waals surface area contributed by atoms with E-state index in [0.717, 1.165) is 5.56 Å². The summed E-state index contributed by atoms with van der Waals surface area (Å²) in [6.07, 6.45) is 0.628. The van der Waals surface area contributed by atoms with Gasteiger partial charge in [0.2, 0.25) is 0 Å². The van der Waals surface area contributed by atoms with Gasteiger partial charge in [0.15, 0.2) is 0 Å². The maximum atomic E-state index is 10.6. The molecule has 1 radical (unpaired) electrons. The minimum absolute atomic E-state index is 0.295. The number of para-hydroxylation sites is 1. The minimum atomic E-state index is -0.295. The van der Waals surface area contributed by atoms with Crippen LogP contribution in [-0.2, 0) is 11.2 Å². The summed E-state index contributed by atoms with van der Waals surface area (Å²) in [5.74, 6) is 0.316. The molecule has 1 rings (SSSR count). The first-order valence-corrected chi connectivity index (χ1v) is 3.79. The van der Waals surface area contributed by atoms with E-state index < -0.39 is 0 Å². The van der Waals surface area contributed by atoms with Crippen molar-refractivity contribution in [1.29, 1.82) is 0 Å². The summed E-state index contributed by atoms with van der Waals surface area (Å²) in [4.78, 5) is 10.6. The van der Waals surface area contributed by atoms with Crippen LogP contribution in [0.4, 0.5) is 0 Å². The van der Waals surface area contributed by atoms with E-state index in [0.29, 0.717) is 12.2 Å². The Labute approximate surface area is 72.2 Å². The van der Waals surface area contributed by atoms with E-state index in [-0.39, 0.29) is 5.97 Å². The molecule has 0 heterocycles. The largest absolute Gasteiger partial charge is 0.426 e. The van der Waals surface area contributed by atoms with E-state index in [1.807, 2.05) is 18.2 Å². The molecule has 0 aliphatic rings. The van der Waals surface area contributed by atoms with Crippen LogP contribution in [0.5, 0.6) is 5.75 Å². The zero-order chi connectivity index (χ0) is 8.97. The van der Waals surface area contributed by atoms with Crippen molar-refractivity contribution in [3.63, 3.8) is 0 Å². The molecule has 0 aromatic heterocycles. The molecule has 0 saturated heterocycles. The summed E-state index contributed by atoms with van der Waals surface area (Å²) >= 11 is 0. The molecule has 0 aliphatic carbocycles. The third kappa shape index (κ3) is 2.09. The molecule has 0 bridgehead atoms. The zero-order valence-electron chi connectivity index (χ0n) is 7.04. The summed E-state index contributed by atoms with van der Waals surface area (Å²) in [5, 5.41) is 0. The first-order chi connectivity index (χ1) is 5.74. The highest BCUT2D eigenvalue weighted by Crippen LogP contribution is 2.17. The molecule has 1 aromatic carbocycles. The van der Waals surface area contributed by atoms with Gasteiger partial charge in [-0.2, -0.15) is 0 Å². The predicted octanol–water partition coefficient (Wildman–Crippen LogP) is 1.99. The zero-order valence-corrected chi connectivity index (χ0v) is 7.04. The molecule has 0 spiro atoms. The number of carbonyl (C=O) groups is 1. The Bertz CT molecular complexity index is 279. The van der Waals surface area contributed by atoms with E-state index in [2.05, 4.69) is 6.92 Å². The van der Waals surface area contributed by atoms with Crippen LogP contribution in [0.3, 0.4) is 0 Å². The summed E-state index contributed by atoms with van der Waals surface area (Å²) in [6.45, 7) is 5.12.